The first-order valence-corrected chi connectivity index (χ1v) is 14.7. The summed E-state index contributed by atoms with van der Waals surface area (Å²) in [6.07, 6.45) is 0. The minimum absolute atomic E-state index is 0. The Morgan fingerprint density at radius 2 is 1.62 bits per heavy atom. The van der Waals surface area contributed by atoms with Gasteiger partial charge in [0.25, 0.3) is 10.1 Å². The van der Waals surface area contributed by atoms with Crippen LogP contribution in [-0.4, -0.2) is 30.9 Å². The van der Waals surface area contributed by atoms with Gasteiger partial charge in [-0.2, -0.15) is 13.5 Å². The van der Waals surface area contributed by atoms with Gasteiger partial charge in [-0.15, -0.1) is 16.5 Å². The van der Waals surface area contributed by atoms with Gasteiger partial charge in [0.2, 0.25) is 0 Å². The van der Waals surface area contributed by atoms with Crippen LogP contribution >= 0.6 is 22.9 Å². The van der Waals surface area contributed by atoms with E-state index in [9.17, 15) is 31.0 Å². The molecule has 194 valence electrons. The molecule has 0 bridgehead atoms. The van der Waals surface area contributed by atoms with Crippen LogP contribution in [0.4, 0.5) is 11.4 Å². The van der Waals surface area contributed by atoms with Gasteiger partial charge >= 0.3 is 59.1 Å². The van der Waals surface area contributed by atoms with E-state index in [1.807, 2.05) is 25.1 Å². The second-order valence-corrected chi connectivity index (χ2v) is 12.4. The van der Waals surface area contributed by atoms with E-state index in [1.165, 1.54) is 11.3 Å². The van der Waals surface area contributed by atoms with Crippen LogP contribution in [0.1, 0.15) is 5.56 Å². The first kappa shape index (κ1) is 33.0. The quantitative estimate of drug-likeness (QED) is 0.156. The topological polar surface area (TPSA) is 172 Å². The Morgan fingerprint density at radius 1 is 0.950 bits per heavy atom. The molecule has 5 aromatic rings. The van der Waals surface area contributed by atoms with Gasteiger partial charge in [0.1, 0.15) is 20.0 Å². The molecule has 1 heterocycles. The zero-order valence-electron chi connectivity index (χ0n) is 21.1. The van der Waals surface area contributed by atoms with E-state index in [-0.39, 0.29) is 75.6 Å². The Balaban J connectivity index is 0.00000220. The van der Waals surface area contributed by atoms with Crippen LogP contribution in [-0.2, 0) is 20.2 Å². The fourth-order valence-electron chi connectivity index (χ4n) is 3.76. The van der Waals surface area contributed by atoms with Crippen molar-refractivity contribution in [1.82, 2.24) is 4.98 Å². The predicted octanol–water partition coefficient (Wildman–Crippen LogP) is -0.274. The number of hydrogen-bond donors (Lipinski definition) is 1. The van der Waals surface area contributed by atoms with E-state index < -0.39 is 46.5 Å². The van der Waals surface area contributed by atoms with Crippen molar-refractivity contribution in [2.75, 3.05) is 0 Å². The molecular formula is C24H14ClN3Na2O7S3. The maximum absolute atomic E-state index is 13.1. The molecule has 16 heteroatoms. The molecule has 0 radical (unpaired) electrons. The molecule has 0 aliphatic carbocycles. The van der Waals surface area contributed by atoms with Crippen LogP contribution in [0.3, 0.4) is 0 Å². The monoisotopic (exact) mass is 633 g/mol. The Kier molecular flexibility index (Phi) is 10.3. The van der Waals surface area contributed by atoms with E-state index in [0.717, 1.165) is 44.6 Å². The number of nitrogens with zero attached hydrogens (tertiary/aromatic N) is 3. The molecule has 0 saturated carbocycles. The van der Waals surface area contributed by atoms with Gasteiger partial charge in [-0.25, -0.2) is 13.4 Å². The second kappa shape index (κ2) is 12.4. The third-order valence-electron chi connectivity index (χ3n) is 5.55. The summed E-state index contributed by atoms with van der Waals surface area (Å²) in [5.74, 6) is -1.03. The van der Waals surface area contributed by atoms with Gasteiger partial charge in [-0.05, 0) is 77.9 Å². The molecule has 1 N–H and O–H groups in total. The number of hydrogen-bond acceptors (Lipinski definition) is 10. The molecule has 1 aromatic heterocycles. The summed E-state index contributed by atoms with van der Waals surface area (Å²) in [5.41, 5.74) is 2.34. The molecule has 40 heavy (non-hydrogen) atoms. The van der Waals surface area contributed by atoms with Gasteiger partial charge < -0.3 is 9.66 Å². The average molecular weight is 634 g/mol. The number of fused-ring (bicyclic) bond motifs is 2. The number of azo groups is 1. The van der Waals surface area contributed by atoms with Gasteiger partial charge in [-0.3, -0.25) is 4.55 Å². The maximum atomic E-state index is 13.1. The van der Waals surface area contributed by atoms with Crippen LogP contribution in [0.25, 0.3) is 31.6 Å². The molecule has 10 nitrogen and oxygen atoms in total. The summed E-state index contributed by atoms with van der Waals surface area (Å²) in [4.78, 5) is 2.93. The van der Waals surface area contributed by atoms with Gasteiger partial charge in [-0.1, -0.05) is 23.4 Å². The van der Waals surface area contributed by atoms with Gasteiger partial charge in [0.15, 0.2) is 0 Å². The van der Waals surface area contributed by atoms with Crippen molar-refractivity contribution in [2.45, 2.75) is 16.7 Å². The maximum Gasteiger partial charge on any atom is 1.00 e. The van der Waals surface area contributed by atoms with E-state index >= 15 is 0 Å². The average Bonchev–Trinajstić information content (AvgIpc) is 3.25. The van der Waals surface area contributed by atoms with E-state index in [4.69, 9.17) is 11.6 Å². The molecule has 4 aromatic carbocycles. The number of aryl methyl sites for hydroxylation is 1. The summed E-state index contributed by atoms with van der Waals surface area (Å²) in [5, 5.41) is 20.6. The number of aromatic nitrogens is 1. The van der Waals surface area contributed by atoms with Crippen molar-refractivity contribution in [3.8, 4) is 16.3 Å². The van der Waals surface area contributed by atoms with Crippen LogP contribution in [0.2, 0.25) is 5.02 Å². The smallest absolute Gasteiger partial charge is 0.870 e. The first-order valence-electron chi connectivity index (χ1n) is 10.6. The number of halogens is 1. The molecule has 0 fully saturated rings. The van der Waals surface area contributed by atoms with Crippen molar-refractivity contribution in [2.24, 2.45) is 10.2 Å². The summed E-state index contributed by atoms with van der Waals surface area (Å²) in [6.45, 7) is 2.00. The van der Waals surface area contributed by atoms with Crippen molar-refractivity contribution < 1.29 is 90.2 Å². The molecular weight excluding hydrogens is 620 g/mol. The van der Waals surface area contributed by atoms with E-state index in [0.29, 0.717) is 0 Å². The van der Waals surface area contributed by atoms with Crippen molar-refractivity contribution >= 4 is 75.5 Å². The Hall–Kier alpha value is -1.46. The number of thiazole rings is 1. The van der Waals surface area contributed by atoms with Crippen molar-refractivity contribution in [3.63, 3.8) is 0 Å². The third kappa shape index (κ3) is 6.77. The standard InChI is InChI=1S/C24H16ClN3O7S3.2Na/c1-12-2-7-18-19(8-12)36-24(26-18)13-3-5-15(6-4-13)27-28-22-20(38(33,34)35)10-14-9-16(37(30,31)32)11-17(25)21(14)23(22)29;;/h2-11,29H,1H3,(H,30,31,32)(H,33,34,35);;/q;2*+1/p-2. The summed E-state index contributed by atoms with van der Waals surface area (Å²) >= 11 is 7.57. The normalized spacial score (nSPS) is 12.0. The zero-order chi connectivity index (χ0) is 27.4. The molecule has 0 unspecified atom stereocenters. The molecule has 0 aliphatic heterocycles. The minimum Gasteiger partial charge on any atom is -0.870 e. The molecule has 0 aliphatic rings. The Labute approximate surface area is 282 Å². The van der Waals surface area contributed by atoms with E-state index in [2.05, 4.69) is 15.2 Å². The molecule has 0 spiro atoms. The zero-order valence-corrected chi connectivity index (χ0v) is 28.3. The van der Waals surface area contributed by atoms with Crippen molar-refractivity contribution in [3.05, 3.63) is 71.2 Å². The fourth-order valence-corrected chi connectivity index (χ4v) is 6.40. The third-order valence-corrected chi connectivity index (χ3v) is 8.59. The van der Waals surface area contributed by atoms with Crippen LogP contribution in [0.15, 0.2) is 80.7 Å². The summed E-state index contributed by atoms with van der Waals surface area (Å²) < 4.78 is 69.0. The molecule has 0 saturated heterocycles. The Bertz CT molecular complexity index is 2020. The van der Waals surface area contributed by atoms with Crippen LogP contribution in [0, 0.1) is 6.92 Å². The molecule has 0 amide bonds. The second-order valence-electron chi connectivity index (χ2n) is 8.22. The fraction of sp³-hybridized carbons (Fsp3) is 0.0417. The van der Waals surface area contributed by atoms with Crippen LogP contribution in [0.5, 0.6) is 5.75 Å². The summed E-state index contributed by atoms with van der Waals surface area (Å²) in [7, 11) is -9.96. The number of rotatable bonds is 5. The largest absolute Gasteiger partial charge is 1.00 e. The summed E-state index contributed by atoms with van der Waals surface area (Å²) in [6, 6.07) is 15.0. The van der Waals surface area contributed by atoms with Gasteiger partial charge in [0, 0.05) is 10.6 Å². The number of benzene rings is 4. The molecule has 5 rings (SSSR count). The molecule has 0 atom stereocenters. The van der Waals surface area contributed by atoms with E-state index in [1.54, 1.807) is 24.3 Å². The van der Waals surface area contributed by atoms with Crippen LogP contribution < -0.4 is 64.2 Å². The minimum atomic E-state index is -5.00. The first-order chi connectivity index (χ1) is 17.8. The van der Waals surface area contributed by atoms with Gasteiger partial charge in [0.05, 0.1) is 26.5 Å². The van der Waals surface area contributed by atoms with Crippen molar-refractivity contribution in [1.29, 1.82) is 0 Å². The SMILES string of the molecule is Cc1ccc2nc(-c3ccc(N=Nc4c(S(=O)(=O)O)cc5cc(S(=O)(=O)[O-])cc(Cl)c5c4[O-])cc3)sc2c1.[Na+].[Na+]. The Morgan fingerprint density at radius 3 is 2.25 bits per heavy atom. The predicted molar refractivity (Wildman–Crippen MR) is 140 cm³/mol.